The number of nitrogens with zero attached hydrogens (tertiary/aromatic N) is 3. The molecule has 0 saturated carbocycles. The molecule has 1 saturated heterocycles. The third-order valence-corrected chi connectivity index (χ3v) is 3.98. The van der Waals surface area contributed by atoms with Crippen molar-refractivity contribution < 1.29 is 14.6 Å². The summed E-state index contributed by atoms with van der Waals surface area (Å²) in [5.74, 6) is 0.731. The van der Waals surface area contributed by atoms with Gasteiger partial charge in [-0.1, -0.05) is 12.1 Å². The van der Waals surface area contributed by atoms with Crippen molar-refractivity contribution in [3.8, 4) is 11.6 Å². The fourth-order valence-electron chi connectivity index (χ4n) is 2.69. The van der Waals surface area contributed by atoms with E-state index < -0.39 is 0 Å². The third-order valence-electron chi connectivity index (χ3n) is 3.98. The first-order chi connectivity index (χ1) is 11.2. The topological polar surface area (TPSA) is 65.9 Å². The lowest BCUT2D eigenvalue weighted by Crippen LogP contribution is -2.48. The lowest BCUT2D eigenvalue weighted by molar-refractivity contribution is 0.0746. The van der Waals surface area contributed by atoms with Gasteiger partial charge in [-0.3, -0.25) is 4.79 Å². The number of carbonyl (C=O) groups excluding carboxylic acids is 1. The van der Waals surface area contributed by atoms with Gasteiger partial charge in [-0.2, -0.15) is 0 Å². The Labute approximate surface area is 134 Å². The smallest absolute Gasteiger partial charge is 0.255 e. The molecule has 1 N–H and O–H groups in total. The van der Waals surface area contributed by atoms with Crippen molar-refractivity contribution in [2.45, 2.75) is 0 Å². The molecule has 1 aliphatic rings. The number of rotatable bonds is 3. The Morgan fingerprint density at radius 2 is 1.87 bits per heavy atom. The number of para-hydroxylation sites is 2. The molecule has 120 valence electrons. The summed E-state index contributed by atoms with van der Waals surface area (Å²) >= 11 is 0. The van der Waals surface area contributed by atoms with Gasteiger partial charge in [-0.25, -0.2) is 4.98 Å². The van der Waals surface area contributed by atoms with Gasteiger partial charge in [-0.15, -0.1) is 0 Å². The zero-order valence-electron chi connectivity index (χ0n) is 13.0. The van der Waals surface area contributed by atoms with Crippen molar-refractivity contribution in [3.05, 3.63) is 48.2 Å². The molecule has 2 heterocycles. The lowest BCUT2D eigenvalue weighted by atomic mass is 10.2. The second kappa shape index (κ2) is 6.56. The summed E-state index contributed by atoms with van der Waals surface area (Å²) in [5, 5.41) is 9.92. The van der Waals surface area contributed by atoms with Gasteiger partial charge >= 0.3 is 0 Å². The second-order valence-corrected chi connectivity index (χ2v) is 5.36. The van der Waals surface area contributed by atoms with Crippen LogP contribution < -0.4 is 9.64 Å². The predicted octanol–water partition coefficient (Wildman–Crippen LogP) is 1.76. The number of carbonyl (C=O) groups is 1. The van der Waals surface area contributed by atoms with E-state index in [1.165, 1.54) is 6.20 Å². The van der Waals surface area contributed by atoms with E-state index in [4.69, 9.17) is 4.74 Å². The summed E-state index contributed by atoms with van der Waals surface area (Å²) in [6, 6.07) is 10.7. The molecule has 0 bridgehead atoms. The van der Waals surface area contributed by atoms with Crippen molar-refractivity contribution in [2.24, 2.45) is 0 Å². The molecular weight excluding hydrogens is 294 g/mol. The SMILES string of the molecule is COc1ccc(C(=O)N2CCN(c3ccccc3O)CC2)cn1. The van der Waals surface area contributed by atoms with E-state index in [9.17, 15) is 9.90 Å². The van der Waals surface area contributed by atoms with Crippen LogP contribution in [0.25, 0.3) is 0 Å². The van der Waals surface area contributed by atoms with Crippen LogP contribution >= 0.6 is 0 Å². The molecule has 0 atom stereocenters. The van der Waals surface area contributed by atoms with Gasteiger partial charge in [0.15, 0.2) is 0 Å². The number of benzene rings is 1. The number of anilines is 1. The number of hydrogen-bond acceptors (Lipinski definition) is 5. The van der Waals surface area contributed by atoms with Crippen molar-refractivity contribution in [3.63, 3.8) is 0 Å². The standard InChI is InChI=1S/C17H19N3O3/c1-23-16-7-6-13(12-18-16)17(22)20-10-8-19(9-11-20)14-4-2-3-5-15(14)21/h2-7,12,21H,8-11H2,1H3. The Morgan fingerprint density at radius 3 is 2.48 bits per heavy atom. The minimum Gasteiger partial charge on any atom is -0.506 e. The minimum atomic E-state index is -0.0305. The number of aromatic hydroxyl groups is 1. The Balaban J connectivity index is 1.64. The Kier molecular flexibility index (Phi) is 4.32. The monoisotopic (exact) mass is 313 g/mol. The summed E-state index contributed by atoms with van der Waals surface area (Å²) in [6.07, 6.45) is 1.54. The molecule has 1 amide bonds. The molecular formula is C17H19N3O3. The summed E-state index contributed by atoms with van der Waals surface area (Å²) in [7, 11) is 1.54. The highest BCUT2D eigenvalue weighted by molar-refractivity contribution is 5.94. The third kappa shape index (κ3) is 3.21. The normalized spacial score (nSPS) is 14.7. The number of phenols is 1. The first-order valence-electron chi connectivity index (χ1n) is 7.51. The number of phenolic OH excluding ortho intramolecular Hbond substituents is 1. The number of aromatic nitrogens is 1. The van der Waals surface area contributed by atoms with Gasteiger partial charge in [0.2, 0.25) is 5.88 Å². The largest absolute Gasteiger partial charge is 0.506 e. The molecule has 1 aliphatic heterocycles. The molecule has 6 heteroatoms. The molecule has 23 heavy (non-hydrogen) atoms. The van der Waals surface area contributed by atoms with Gasteiger partial charge in [0.05, 0.1) is 18.4 Å². The van der Waals surface area contributed by atoms with Gasteiger partial charge in [-0.05, 0) is 18.2 Å². The maximum Gasteiger partial charge on any atom is 0.255 e. The van der Waals surface area contributed by atoms with E-state index >= 15 is 0 Å². The average molecular weight is 313 g/mol. The van der Waals surface area contributed by atoms with Gasteiger partial charge in [0.25, 0.3) is 5.91 Å². The highest BCUT2D eigenvalue weighted by Gasteiger charge is 2.23. The molecule has 1 fully saturated rings. The maximum atomic E-state index is 12.5. The molecule has 3 rings (SSSR count). The molecule has 1 aromatic carbocycles. The van der Waals surface area contributed by atoms with Gasteiger partial charge in [0.1, 0.15) is 5.75 Å². The number of piperazine rings is 1. The fraction of sp³-hybridized carbons (Fsp3) is 0.294. The first-order valence-corrected chi connectivity index (χ1v) is 7.51. The van der Waals surface area contributed by atoms with E-state index in [1.807, 2.05) is 12.1 Å². The van der Waals surface area contributed by atoms with Crippen LogP contribution in [-0.2, 0) is 0 Å². The second-order valence-electron chi connectivity index (χ2n) is 5.36. The highest BCUT2D eigenvalue weighted by atomic mass is 16.5. The summed E-state index contributed by atoms with van der Waals surface area (Å²) < 4.78 is 5.00. The Hall–Kier alpha value is -2.76. The predicted molar refractivity (Wildman–Crippen MR) is 87.0 cm³/mol. The number of hydrogen-bond donors (Lipinski definition) is 1. The number of methoxy groups -OCH3 is 1. The fourth-order valence-corrected chi connectivity index (χ4v) is 2.69. The number of ether oxygens (including phenoxy) is 1. The van der Waals surface area contributed by atoms with Crippen LogP contribution in [-0.4, -0.2) is 54.2 Å². The molecule has 0 radical (unpaired) electrons. The van der Waals surface area contributed by atoms with Gasteiger partial charge < -0.3 is 19.6 Å². The zero-order valence-corrected chi connectivity index (χ0v) is 13.0. The number of amides is 1. The molecule has 0 spiro atoms. The van der Waals surface area contributed by atoms with Crippen LogP contribution in [0.2, 0.25) is 0 Å². The van der Waals surface area contributed by atoms with Crippen molar-refractivity contribution in [1.29, 1.82) is 0 Å². The summed E-state index contributed by atoms with van der Waals surface area (Å²) in [5.41, 5.74) is 1.37. The van der Waals surface area contributed by atoms with Crippen LogP contribution in [0, 0.1) is 0 Å². The van der Waals surface area contributed by atoms with Crippen LogP contribution in [0.1, 0.15) is 10.4 Å². The first kappa shape index (κ1) is 15.1. The molecule has 0 unspecified atom stereocenters. The quantitative estimate of drug-likeness (QED) is 0.935. The number of pyridine rings is 1. The van der Waals surface area contributed by atoms with Gasteiger partial charge in [0, 0.05) is 38.4 Å². The molecule has 1 aromatic heterocycles. The molecule has 0 aliphatic carbocycles. The van der Waals surface area contributed by atoms with Crippen molar-refractivity contribution in [1.82, 2.24) is 9.88 Å². The molecule has 2 aromatic rings. The minimum absolute atomic E-state index is 0.0305. The zero-order chi connectivity index (χ0) is 16.2. The van der Waals surface area contributed by atoms with Crippen LogP contribution in [0.5, 0.6) is 11.6 Å². The Bertz CT molecular complexity index is 680. The van der Waals surface area contributed by atoms with Crippen molar-refractivity contribution >= 4 is 11.6 Å². The average Bonchev–Trinajstić information content (AvgIpc) is 2.62. The van der Waals surface area contributed by atoms with Crippen LogP contribution in [0.15, 0.2) is 42.6 Å². The van der Waals surface area contributed by atoms with Crippen LogP contribution in [0.3, 0.4) is 0 Å². The van der Waals surface area contributed by atoms with E-state index in [2.05, 4.69) is 9.88 Å². The van der Waals surface area contributed by atoms with Crippen LogP contribution in [0.4, 0.5) is 5.69 Å². The highest BCUT2D eigenvalue weighted by Crippen LogP contribution is 2.27. The van der Waals surface area contributed by atoms with E-state index in [-0.39, 0.29) is 11.7 Å². The Morgan fingerprint density at radius 1 is 1.13 bits per heavy atom. The molecule has 6 nitrogen and oxygen atoms in total. The summed E-state index contributed by atoms with van der Waals surface area (Å²) in [6.45, 7) is 2.60. The van der Waals surface area contributed by atoms with E-state index in [0.29, 0.717) is 37.6 Å². The maximum absolute atomic E-state index is 12.5. The van der Waals surface area contributed by atoms with E-state index in [1.54, 1.807) is 36.3 Å². The van der Waals surface area contributed by atoms with E-state index in [0.717, 1.165) is 5.69 Å². The van der Waals surface area contributed by atoms with Crippen molar-refractivity contribution in [2.75, 3.05) is 38.2 Å². The summed E-state index contributed by atoms with van der Waals surface area (Å²) in [4.78, 5) is 20.5. The lowest BCUT2D eigenvalue weighted by Gasteiger charge is -2.36.